The molecule has 0 spiro atoms. The molecule has 1 aliphatic rings. The van der Waals surface area contributed by atoms with Crippen LogP contribution < -0.4 is 5.32 Å². The van der Waals surface area contributed by atoms with E-state index in [-0.39, 0.29) is 0 Å². The van der Waals surface area contributed by atoms with Gasteiger partial charge in [-0.25, -0.2) is 0 Å². The lowest BCUT2D eigenvalue weighted by Gasteiger charge is -2.22. The number of fused-ring (bicyclic) bond motifs is 1. The van der Waals surface area contributed by atoms with Crippen molar-refractivity contribution in [2.45, 2.75) is 38.1 Å². The van der Waals surface area contributed by atoms with Gasteiger partial charge in [-0.15, -0.1) is 10.2 Å². The van der Waals surface area contributed by atoms with Crippen molar-refractivity contribution >= 4 is 23.2 Å². The van der Waals surface area contributed by atoms with Gasteiger partial charge in [-0.3, -0.25) is 0 Å². The van der Waals surface area contributed by atoms with Crippen LogP contribution in [0.15, 0.2) is 12.1 Å². The predicted molar refractivity (Wildman–Crippen MR) is 66.3 cm³/mol. The first-order chi connectivity index (χ1) is 8.33. The normalized spacial score (nSPS) is 17.5. The molecule has 0 saturated heterocycles. The highest BCUT2D eigenvalue weighted by molar-refractivity contribution is 6.29. The summed E-state index contributed by atoms with van der Waals surface area (Å²) in [5.41, 5.74) is 0.715. The SMILES string of the molecule is Clc1ccc2nnc(NC3CCCCC3)n2n1. The maximum absolute atomic E-state index is 5.88. The van der Waals surface area contributed by atoms with Gasteiger partial charge < -0.3 is 5.32 Å². The van der Waals surface area contributed by atoms with Crippen molar-refractivity contribution in [3.05, 3.63) is 17.3 Å². The molecular formula is C11H14ClN5. The highest BCUT2D eigenvalue weighted by Gasteiger charge is 2.16. The summed E-state index contributed by atoms with van der Waals surface area (Å²) in [7, 11) is 0. The first-order valence-electron chi connectivity index (χ1n) is 5.97. The standard InChI is InChI=1S/C11H14ClN5/c12-9-6-7-10-14-15-11(17(10)16-9)13-8-4-2-1-3-5-8/h6-8H,1-5H2,(H,13,15). The van der Waals surface area contributed by atoms with Crippen LogP contribution in [-0.4, -0.2) is 25.9 Å². The summed E-state index contributed by atoms with van der Waals surface area (Å²) in [5.74, 6) is 0.689. The second kappa shape index (κ2) is 4.49. The third-order valence-electron chi connectivity index (χ3n) is 3.17. The van der Waals surface area contributed by atoms with E-state index in [1.165, 1.54) is 32.1 Å². The maximum atomic E-state index is 5.88. The molecule has 1 saturated carbocycles. The van der Waals surface area contributed by atoms with Crippen molar-refractivity contribution in [3.63, 3.8) is 0 Å². The van der Waals surface area contributed by atoms with Gasteiger partial charge in [0.25, 0.3) is 0 Å². The summed E-state index contributed by atoms with van der Waals surface area (Å²) < 4.78 is 1.66. The summed E-state index contributed by atoms with van der Waals surface area (Å²) in [5, 5.41) is 16.2. The molecule has 5 nitrogen and oxygen atoms in total. The van der Waals surface area contributed by atoms with E-state index in [1.807, 2.05) is 6.07 Å². The summed E-state index contributed by atoms with van der Waals surface area (Å²) >= 11 is 5.88. The van der Waals surface area contributed by atoms with Crippen molar-refractivity contribution in [2.24, 2.45) is 0 Å². The second-order valence-electron chi connectivity index (χ2n) is 4.43. The molecule has 17 heavy (non-hydrogen) atoms. The molecule has 0 atom stereocenters. The predicted octanol–water partition coefficient (Wildman–Crippen LogP) is 2.52. The molecule has 0 aromatic carbocycles. The zero-order valence-corrected chi connectivity index (χ0v) is 10.2. The van der Waals surface area contributed by atoms with Crippen LogP contribution in [-0.2, 0) is 0 Å². The molecule has 0 unspecified atom stereocenters. The van der Waals surface area contributed by atoms with Crippen LogP contribution in [0.4, 0.5) is 5.95 Å². The van der Waals surface area contributed by atoms with Crippen LogP contribution in [0.3, 0.4) is 0 Å². The molecular weight excluding hydrogens is 238 g/mol. The van der Waals surface area contributed by atoms with Gasteiger partial charge in [-0.1, -0.05) is 30.9 Å². The number of halogens is 1. The Labute approximate surface area is 104 Å². The monoisotopic (exact) mass is 251 g/mol. The lowest BCUT2D eigenvalue weighted by atomic mass is 9.96. The molecule has 0 amide bonds. The Morgan fingerprint density at radius 2 is 2.00 bits per heavy atom. The first kappa shape index (κ1) is 10.8. The van der Waals surface area contributed by atoms with E-state index in [0.29, 0.717) is 22.8 Å². The Bertz CT molecular complexity index is 518. The van der Waals surface area contributed by atoms with Gasteiger partial charge >= 0.3 is 0 Å². The van der Waals surface area contributed by atoms with E-state index < -0.39 is 0 Å². The van der Waals surface area contributed by atoms with Gasteiger partial charge in [0.2, 0.25) is 5.95 Å². The fourth-order valence-corrected chi connectivity index (χ4v) is 2.42. The zero-order chi connectivity index (χ0) is 11.7. The van der Waals surface area contributed by atoms with Gasteiger partial charge in [0.15, 0.2) is 5.65 Å². The van der Waals surface area contributed by atoms with Crippen LogP contribution >= 0.6 is 11.6 Å². The molecule has 1 N–H and O–H groups in total. The van der Waals surface area contributed by atoms with Crippen molar-refractivity contribution in [2.75, 3.05) is 5.32 Å². The second-order valence-corrected chi connectivity index (χ2v) is 4.82. The molecule has 90 valence electrons. The quantitative estimate of drug-likeness (QED) is 0.891. The van der Waals surface area contributed by atoms with Gasteiger partial charge in [0.1, 0.15) is 5.15 Å². The molecule has 1 fully saturated rings. The molecule has 0 aliphatic heterocycles. The number of hydrogen-bond acceptors (Lipinski definition) is 4. The largest absolute Gasteiger partial charge is 0.350 e. The topological polar surface area (TPSA) is 55.1 Å². The molecule has 0 bridgehead atoms. The Hall–Kier alpha value is -1.36. The van der Waals surface area contributed by atoms with Crippen LogP contribution in [0.1, 0.15) is 32.1 Å². The molecule has 6 heteroatoms. The Morgan fingerprint density at radius 1 is 1.18 bits per heavy atom. The molecule has 3 rings (SSSR count). The number of rotatable bonds is 2. The minimum Gasteiger partial charge on any atom is -0.350 e. The van der Waals surface area contributed by atoms with Crippen molar-refractivity contribution in [1.82, 2.24) is 19.8 Å². The van der Waals surface area contributed by atoms with Crippen LogP contribution in [0.2, 0.25) is 5.15 Å². The summed E-state index contributed by atoms with van der Waals surface area (Å²) in [6, 6.07) is 4.02. The molecule has 0 radical (unpaired) electrons. The molecule has 2 aromatic rings. The zero-order valence-electron chi connectivity index (χ0n) is 9.43. The highest BCUT2D eigenvalue weighted by atomic mass is 35.5. The van der Waals surface area contributed by atoms with E-state index in [0.717, 1.165) is 0 Å². The van der Waals surface area contributed by atoms with Crippen LogP contribution in [0, 0.1) is 0 Å². The summed E-state index contributed by atoms with van der Waals surface area (Å²) in [6.07, 6.45) is 6.28. The van der Waals surface area contributed by atoms with Crippen LogP contribution in [0.5, 0.6) is 0 Å². The van der Waals surface area contributed by atoms with E-state index in [2.05, 4.69) is 20.6 Å². The fourth-order valence-electron chi connectivity index (χ4n) is 2.29. The van der Waals surface area contributed by atoms with Crippen LogP contribution in [0.25, 0.3) is 5.65 Å². The van der Waals surface area contributed by atoms with Gasteiger partial charge in [0, 0.05) is 6.04 Å². The maximum Gasteiger partial charge on any atom is 0.246 e. The number of hydrogen-bond donors (Lipinski definition) is 1. The fraction of sp³-hybridized carbons (Fsp3) is 0.545. The minimum atomic E-state index is 0.448. The summed E-state index contributed by atoms with van der Waals surface area (Å²) in [6.45, 7) is 0. The summed E-state index contributed by atoms with van der Waals surface area (Å²) in [4.78, 5) is 0. The average molecular weight is 252 g/mol. The third kappa shape index (κ3) is 2.20. The molecule has 1 aliphatic carbocycles. The highest BCUT2D eigenvalue weighted by Crippen LogP contribution is 2.21. The number of anilines is 1. The Kier molecular flexibility index (Phi) is 2.84. The minimum absolute atomic E-state index is 0.448. The average Bonchev–Trinajstić information content (AvgIpc) is 2.73. The van der Waals surface area contributed by atoms with Gasteiger partial charge in [-0.2, -0.15) is 9.61 Å². The van der Waals surface area contributed by atoms with Crippen molar-refractivity contribution in [1.29, 1.82) is 0 Å². The smallest absolute Gasteiger partial charge is 0.246 e. The lowest BCUT2D eigenvalue weighted by Crippen LogP contribution is -2.23. The van der Waals surface area contributed by atoms with E-state index in [1.54, 1.807) is 10.6 Å². The molecule has 2 aromatic heterocycles. The van der Waals surface area contributed by atoms with E-state index in [4.69, 9.17) is 11.6 Å². The van der Waals surface area contributed by atoms with Crippen molar-refractivity contribution < 1.29 is 0 Å². The number of aromatic nitrogens is 4. The Balaban J connectivity index is 1.86. The van der Waals surface area contributed by atoms with Gasteiger partial charge in [-0.05, 0) is 25.0 Å². The number of nitrogens with zero attached hydrogens (tertiary/aromatic N) is 4. The van der Waals surface area contributed by atoms with Crippen molar-refractivity contribution in [3.8, 4) is 0 Å². The van der Waals surface area contributed by atoms with E-state index >= 15 is 0 Å². The Morgan fingerprint density at radius 3 is 2.82 bits per heavy atom. The number of nitrogens with one attached hydrogen (secondary N) is 1. The molecule has 2 heterocycles. The third-order valence-corrected chi connectivity index (χ3v) is 3.37. The van der Waals surface area contributed by atoms with Gasteiger partial charge in [0.05, 0.1) is 0 Å². The first-order valence-corrected chi connectivity index (χ1v) is 6.35. The van der Waals surface area contributed by atoms with E-state index in [9.17, 15) is 0 Å². The lowest BCUT2D eigenvalue weighted by molar-refractivity contribution is 0.460.